The number of hydrogen-bond acceptors (Lipinski definition) is 2. The van der Waals surface area contributed by atoms with Crippen molar-refractivity contribution in [2.75, 3.05) is 14.1 Å². The summed E-state index contributed by atoms with van der Waals surface area (Å²) in [6, 6.07) is 10.3. The van der Waals surface area contributed by atoms with Gasteiger partial charge >= 0.3 is 0 Å². The van der Waals surface area contributed by atoms with Crippen LogP contribution < -0.4 is 5.73 Å². The Morgan fingerprint density at radius 1 is 1.14 bits per heavy atom. The number of nitrogens with two attached hydrogens (primary N) is 1. The Kier molecular flexibility index (Phi) is 3.29. The van der Waals surface area contributed by atoms with E-state index in [1.165, 1.54) is 5.56 Å². The van der Waals surface area contributed by atoms with Gasteiger partial charge in [-0.2, -0.15) is 0 Å². The molecule has 2 N–H and O–H groups in total. The molecule has 0 bridgehead atoms. The maximum atomic E-state index is 6.23. The summed E-state index contributed by atoms with van der Waals surface area (Å²) < 4.78 is 0. The smallest absolute Gasteiger partial charge is 0.0476 e. The molecule has 1 aromatic rings. The predicted molar refractivity (Wildman–Crippen MR) is 61.1 cm³/mol. The highest BCUT2D eigenvalue weighted by Crippen LogP contribution is 2.26. The fraction of sp³-hybridized carbons (Fsp3) is 0.500. The summed E-state index contributed by atoms with van der Waals surface area (Å²) >= 11 is 0. The van der Waals surface area contributed by atoms with Gasteiger partial charge < -0.3 is 10.6 Å². The standard InChI is InChI=1S/C12H20N2/c1-12(2,14(3)4)11(13)10-8-6-5-7-9-10/h5-9,11H,13H2,1-4H3. The summed E-state index contributed by atoms with van der Waals surface area (Å²) in [6.07, 6.45) is 0. The molecule has 0 saturated carbocycles. The summed E-state index contributed by atoms with van der Waals surface area (Å²) in [5.41, 5.74) is 7.39. The number of likely N-dealkylation sites (N-methyl/N-ethyl adjacent to an activating group) is 1. The number of hydrogen-bond donors (Lipinski definition) is 1. The van der Waals surface area contributed by atoms with Gasteiger partial charge in [0.25, 0.3) is 0 Å². The van der Waals surface area contributed by atoms with E-state index >= 15 is 0 Å². The van der Waals surface area contributed by atoms with Crippen LogP contribution in [0.15, 0.2) is 30.3 Å². The second kappa shape index (κ2) is 4.11. The van der Waals surface area contributed by atoms with E-state index in [4.69, 9.17) is 5.73 Å². The van der Waals surface area contributed by atoms with Crippen molar-refractivity contribution in [3.05, 3.63) is 35.9 Å². The molecule has 2 nitrogen and oxygen atoms in total. The van der Waals surface area contributed by atoms with Crippen molar-refractivity contribution in [2.24, 2.45) is 5.73 Å². The Bertz CT molecular complexity index is 278. The van der Waals surface area contributed by atoms with Crippen molar-refractivity contribution in [1.82, 2.24) is 4.90 Å². The monoisotopic (exact) mass is 192 g/mol. The molecule has 0 radical (unpaired) electrons. The van der Waals surface area contributed by atoms with Crippen molar-refractivity contribution in [3.8, 4) is 0 Å². The molecule has 78 valence electrons. The zero-order valence-corrected chi connectivity index (χ0v) is 9.49. The Hall–Kier alpha value is -0.860. The fourth-order valence-electron chi connectivity index (χ4n) is 1.35. The zero-order chi connectivity index (χ0) is 10.8. The zero-order valence-electron chi connectivity index (χ0n) is 9.49. The predicted octanol–water partition coefficient (Wildman–Crippen LogP) is 2.03. The van der Waals surface area contributed by atoms with Gasteiger partial charge in [0.15, 0.2) is 0 Å². The average Bonchev–Trinajstić information content (AvgIpc) is 2.17. The molecule has 1 rings (SSSR count). The first kappa shape index (κ1) is 11.2. The van der Waals surface area contributed by atoms with Crippen molar-refractivity contribution in [2.45, 2.75) is 25.4 Å². The molecule has 14 heavy (non-hydrogen) atoms. The molecule has 0 fully saturated rings. The molecule has 2 heteroatoms. The van der Waals surface area contributed by atoms with Crippen LogP contribution in [0.2, 0.25) is 0 Å². The van der Waals surface area contributed by atoms with Crippen molar-refractivity contribution in [1.29, 1.82) is 0 Å². The van der Waals surface area contributed by atoms with Crippen LogP contribution in [0.1, 0.15) is 25.5 Å². The quantitative estimate of drug-likeness (QED) is 0.794. The highest BCUT2D eigenvalue weighted by atomic mass is 15.2. The molecule has 1 aromatic carbocycles. The van der Waals surface area contributed by atoms with Crippen molar-refractivity contribution in [3.63, 3.8) is 0 Å². The molecular formula is C12H20N2. The Labute approximate surface area is 86.7 Å². The Morgan fingerprint density at radius 3 is 2.07 bits per heavy atom. The lowest BCUT2D eigenvalue weighted by molar-refractivity contribution is 0.159. The van der Waals surface area contributed by atoms with Crippen molar-refractivity contribution < 1.29 is 0 Å². The van der Waals surface area contributed by atoms with Crippen molar-refractivity contribution >= 4 is 0 Å². The summed E-state index contributed by atoms with van der Waals surface area (Å²) in [5.74, 6) is 0. The first-order chi connectivity index (χ1) is 6.46. The van der Waals surface area contributed by atoms with Gasteiger partial charge in [0.05, 0.1) is 0 Å². The first-order valence-electron chi connectivity index (χ1n) is 4.94. The Morgan fingerprint density at radius 2 is 1.64 bits per heavy atom. The van der Waals surface area contributed by atoms with E-state index in [-0.39, 0.29) is 11.6 Å². The molecule has 0 saturated heterocycles. The van der Waals surface area contributed by atoms with E-state index in [1.54, 1.807) is 0 Å². The van der Waals surface area contributed by atoms with Crippen LogP contribution >= 0.6 is 0 Å². The lowest BCUT2D eigenvalue weighted by atomic mass is 9.88. The van der Waals surface area contributed by atoms with E-state index in [2.05, 4.69) is 45.0 Å². The highest BCUT2D eigenvalue weighted by molar-refractivity contribution is 5.21. The molecular weight excluding hydrogens is 172 g/mol. The van der Waals surface area contributed by atoms with Gasteiger partial charge in [-0.3, -0.25) is 0 Å². The Balaban J connectivity index is 2.90. The number of rotatable bonds is 3. The summed E-state index contributed by atoms with van der Waals surface area (Å²) in [4.78, 5) is 2.16. The van der Waals surface area contributed by atoms with Gasteiger partial charge in [0.2, 0.25) is 0 Å². The molecule has 0 amide bonds. The topological polar surface area (TPSA) is 29.3 Å². The molecule has 0 aliphatic carbocycles. The van der Waals surface area contributed by atoms with Crippen LogP contribution in [0, 0.1) is 0 Å². The van der Waals surface area contributed by atoms with E-state index in [0.717, 1.165) is 0 Å². The first-order valence-corrected chi connectivity index (χ1v) is 4.94. The van der Waals surface area contributed by atoms with E-state index in [0.29, 0.717) is 0 Å². The maximum absolute atomic E-state index is 6.23. The lowest BCUT2D eigenvalue weighted by Gasteiger charge is -2.38. The second-order valence-electron chi connectivity index (χ2n) is 4.44. The van der Waals surface area contributed by atoms with Crippen LogP contribution in [-0.4, -0.2) is 24.5 Å². The van der Waals surface area contributed by atoms with Crippen LogP contribution in [0.25, 0.3) is 0 Å². The van der Waals surface area contributed by atoms with E-state index in [9.17, 15) is 0 Å². The summed E-state index contributed by atoms with van der Waals surface area (Å²) in [5, 5.41) is 0. The minimum absolute atomic E-state index is 0.0264. The molecule has 0 heterocycles. The van der Waals surface area contributed by atoms with Crippen LogP contribution in [0.4, 0.5) is 0 Å². The SMILES string of the molecule is CN(C)C(C)(C)C(N)c1ccccc1. The summed E-state index contributed by atoms with van der Waals surface area (Å²) in [7, 11) is 4.12. The molecule has 1 unspecified atom stereocenters. The minimum Gasteiger partial charge on any atom is -0.322 e. The number of nitrogens with zero attached hydrogens (tertiary/aromatic N) is 1. The van der Waals surface area contributed by atoms with E-state index < -0.39 is 0 Å². The molecule has 0 spiro atoms. The van der Waals surface area contributed by atoms with Gasteiger partial charge in [-0.05, 0) is 33.5 Å². The lowest BCUT2D eigenvalue weighted by Crippen LogP contribution is -2.47. The van der Waals surface area contributed by atoms with Gasteiger partial charge in [0.1, 0.15) is 0 Å². The van der Waals surface area contributed by atoms with E-state index in [1.807, 2.05) is 18.2 Å². The third-order valence-electron chi connectivity index (χ3n) is 3.07. The molecule has 1 atom stereocenters. The summed E-state index contributed by atoms with van der Waals surface area (Å²) in [6.45, 7) is 4.31. The van der Waals surface area contributed by atoms with Crippen LogP contribution in [0.5, 0.6) is 0 Å². The van der Waals surface area contributed by atoms with Crippen LogP contribution in [0.3, 0.4) is 0 Å². The van der Waals surface area contributed by atoms with Gasteiger partial charge in [-0.25, -0.2) is 0 Å². The van der Waals surface area contributed by atoms with Gasteiger partial charge in [-0.15, -0.1) is 0 Å². The average molecular weight is 192 g/mol. The highest BCUT2D eigenvalue weighted by Gasteiger charge is 2.29. The number of benzene rings is 1. The molecule has 0 aromatic heterocycles. The third kappa shape index (κ3) is 2.14. The molecule has 0 aliphatic heterocycles. The van der Waals surface area contributed by atoms with Crippen LogP contribution in [-0.2, 0) is 0 Å². The third-order valence-corrected chi connectivity index (χ3v) is 3.07. The van der Waals surface area contributed by atoms with Gasteiger partial charge in [-0.1, -0.05) is 30.3 Å². The molecule has 0 aliphatic rings. The maximum Gasteiger partial charge on any atom is 0.0476 e. The fourth-order valence-corrected chi connectivity index (χ4v) is 1.35. The largest absolute Gasteiger partial charge is 0.322 e. The normalized spacial score (nSPS) is 14.4. The minimum atomic E-state index is -0.0264. The second-order valence-corrected chi connectivity index (χ2v) is 4.44. The van der Waals surface area contributed by atoms with Gasteiger partial charge in [0, 0.05) is 11.6 Å².